The smallest absolute Gasteiger partial charge is 0.333 e. The van der Waals surface area contributed by atoms with Gasteiger partial charge in [0.25, 0.3) is 0 Å². The van der Waals surface area contributed by atoms with Crippen molar-refractivity contribution in [1.82, 2.24) is 4.90 Å². The predicted octanol–water partition coefficient (Wildman–Crippen LogP) is 2.86. The lowest BCUT2D eigenvalue weighted by atomic mass is 9.87. The van der Waals surface area contributed by atoms with Crippen molar-refractivity contribution in [2.45, 2.75) is 40.0 Å². The second-order valence-electron chi connectivity index (χ2n) is 5.46. The number of methoxy groups -OCH3 is 1. The topological polar surface area (TPSA) is 29.5 Å². The van der Waals surface area contributed by atoms with Crippen LogP contribution in [0.4, 0.5) is 0 Å². The van der Waals surface area contributed by atoms with Crippen LogP contribution in [0.5, 0.6) is 0 Å². The molecule has 0 atom stereocenters. The van der Waals surface area contributed by atoms with E-state index in [0.717, 1.165) is 43.5 Å². The van der Waals surface area contributed by atoms with E-state index in [9.17, 15) is 4.79 Å². The van der Waals surface area contributed by atoms with Crippen LogP contribution in [0.25, 0.3) is 0 Å². The van der Waals surface area contributed by atoms with Gasteiger partial charge in [0.2, 0.25) is 0 Å². The Balaban J connectivity index is 2.41. The largest absolute Gasteiger partial charge is 0.466 e. The van der Waals surface area contributed by atoms with Crippen LogP contribution in [0.2, 0.25) is 0 Å². The number of rotatable bonds is 5. The Bertz CT molecular complexity index is 289. The summed E-state index contributed by atoms with van der Waals surface area (Å²) in [5.74, 6) is 1.48. The highest BCUT2D eigenvalue weighted by molar-refractivity contribution is 5.88. The van der Waals surface area contributed by atoms with Crippen molar-refractivity contribution in [3.63, 3.8) is 0 Å². The number of carbonyl (C=O) groups is 1. The normalized spacial score (nSPS) is 19.3. The highest BCUT2D eigenvalue weighted by Gasteiger charge is 2.21. The minimum absolute atomic E-state index is 0.186. The third-order valence-corrected chi connectivity index (χ3v) is 4.00. The van der Waals surface area contributed by atoms with Gasteiger partial charge in [-0.25, -0.2) is 4.79 Å². The van der Waals surface area contributed by atoms with Gasteiger partial charge in [0.15, 0.2) is 0 Å². The number of likely N-dealkylation sites (tertiary alicyclic amines) is 1. The van der Waals surface area contributed by atoms with Crippen molar-refractivity contribution in [3.05, 3.63) is 11.6 Å². The van der Waals surface area contributed by atoms with E-state index in [2.05, 4.69) is 18.7 Å². The van der Waals surface area contributed by atoms with Crippen LogP contribution in [0.1, 0.15) is 40.0 Å². The Morgan fingerprint density at radius 1 is 1.39 bits per heavy atom. The zero-order valence-corrected chi connectivity index (χ0v) is 12.2. The van der Waals surface area contributed by atoms with E-state index in [-0.39, 0.29) is 5.97 Å². The lowest BCUT2D eigenvalue weighted by Gasteiger charge is -2.33. The molecule has 1 aliphatic heterocycles. The molecule has 0 radical (unpaired) electrons. The van der Waals surface area contributed by atoms with Crippen LogP contribution in [-0.4, -0.2) is 37.6 Å². The maximum Gasteiger partial charge on any atom is 0.333 e. The second-order valence-corrected chi connectivity index (χ2v) is 5.46. The summed E-state index contributed by atoms with van der Waals surface area (Å²) < 4.78 is 4.77. The fraction of sp³-hybridized carbons (Fsp3) is 0.800. The Hall–Kier alpha value is -0.830. The molecule has 1 rings (SSSR count). The molecule has 0 aromatic heterocycles. The van der Waals surface area contributed by atoms with Crippen LogP contribution in [-0.2, 0) is 9.53 Å². The van der Waals surface area contributed by atoms with E-state index in [4.69, 9.17) is 4.74 Å². The van der Waals surface area contributed by atoms with Gasteiger partial charge in [0.05, 0.1) is 7.11 Å². The van der Waals surface area contributed by atoms with Gasteiger partial charge in [-0.15, -0.1) is 0 Å². The minimum Gasteiger partial charge on any atom is -0.466 e. The average molecular weight is 253 g/mol. The van der Waals surface area contributed by atoms with Crippen LogP contribution >= 0.6 is 0 Å². The number of ether oxygens (including phenoxy) is 1. The van der Waals surface area contributed by atoms with Gasteiger partial charge in [-0.3, -0.25) is 4.90 Å². The molecule has 1 aliphatic rings. The van der Waals surface area contributed by atoms with Gasteiger partial charge in [-0.2, -0.15) is 0 Å². The molecule has 0 unspecified atom stereocenters. The second kappa shape index (κ2) is 7.57. The molecule has 0 amide bonds. The van der Waals surface area contributed by atoms with E-state index in [1.807, 2.05) is 13.0 Å². The summed E-state index contributed by atoms with van der Waals surface area (Å²) in [5, 5.41) is 0. The number of esters is 1. The third-order valence-electron chi connectivity index (χ3n) is 4.00. The Morgan fingerprint density at radius 2 is 2.00 bits per heavy atom. The molecule has 0 aliphatic carbocycles. The molecule has 104 valence electrons. The van der Waals surface area contributed by atoms with Crippen molar-refractivity contribution in [3.8, 4) is 0 Å². The van der Waals surface area contributed by atoms with Gasteiger partial charge in [0.1, 0.15) is 0 Å². The van der Waals surface area contributed by atoms with Gasteiger partial charge >= 0.3 is 5.97 Å². The van der Waals surface area contributed by atoms with Crippen LogP contribution in [0, 0.1) is 11.8 Å². The molecule has 3 heteroatoms. The molecule has 0 saturated carbocycles. The maximum absolute atomic E-state index is 11.4. The summed E-state index contributed by atoms with van der Waals surface area (Å²) in [4.78, 5) is 13.9. The average Bonchev–Trinajstić information content (AvgIpc) is 2.39. The number of hydrogen-bond donors (Lipinski definition) is 0. The van der Waals surface area contributed by atoms with Crippen LogP contribution in [0.3, 0.4) is 0 Å². The highest BCUT2D eigenvalue weighted by atomic mass is 16.5. The molecule has 0 aromatic rings. The van der Waals surface area contributed by atoms with Gasteiger partial charge < -0.3 is 4.74 Å². The Morgan fingerprint density at radius 3 is 2.44 bits per heavy atom. The first-order valence-electron chi connectivity index (χ1n) is 7.08. The molecule has 0 aromatic carbocycles. The molecule has 3 nitrogen and oxygen atoms in total. The lowest BCUT2D eigenvalue weighted by molar-refractivity contribution is -0.136. The van der Waals surface area contributed by atoms with Crippen LogP contribution < -0.4 is 0 Å². The van der Waals surface area contributed by atoms with Crippen molar-refractivity contribution in [2.24, 2.45) is 11.8 Å². The van der Waals surface area contributed by atoms with Gasteiger partial charge in [-0.05, 0) is 44.2 Å². The highest BCUT2D eigenvalue weighted by Crippen LogP contribution is 2.24. The Labute approximate surface area is 111 Å². The molecule has 1 saturated heterocycles. The quantitative estimate of drug-likeness (QED) is 0.557. The first-order chi connectivity index (χ1) is 8.58. The number of nitrogens with zero attached hydrogens (tertiary/aromatic N) is 1. The molecule has 1 fully saturated rings. The van der Waals surface area contributed by atoms with Gasteiger partial charge in [-0.1, -0.05) is 26.8 Å². The zero-order valence-electron chi connectivity index (χ0n) is 12.2. The number of carbonyl (C=O) groups excluding carboxylic acids is 1. The van der Waals surface area contributed by atoms with E-state index in [0.29, 0.717) is 0 Å². The Kier molecular flexibility index (Phi) is 6.41. The fourth-order valence-electron chi connectivity index (χ4n) is 2.54. The summed E-state index contributed by atoms with van der Waals surface area (Å²) in [6.45, 7) is 9.80. The summed E-state index contributed by atoms with van der Waals surface area (Å²) in [6, 6.07) is 0. The zero-order chi connectivity index (χ0) is 13.5. The molecule has 0 N–H and O–H groups in total. The summed E-state index contributed by atoms with van der Waals surface area (Å²) in [5.41, 5.74) is 0.795. The number of piperidine rings is 1. The first-order valence-corrected chi connectivity index (χ1v) is 7.08. The van der Waals surface area contributed by atoms with Crippen molar-refractivity contribution < 1.29 is 9.53 Å². The molecular formula is C15H27NO2. The summed E-state index contributed by atoms with van der Waals surface area (Å²) in [7, 11) is 1.44. The van der Waals surface area contributed by atoms with Crippen molar-refractivity contribution in [1.29, 1.82) is 0 Å². The standard InChI is InChI=1S/C15H27NO2/c1-5-13(15(17)18-4)6-9-16-10-7-14(8-11-16)12(2)3/h6,12,14H,5,7-11H2,1-4H3. The van der Waals surface area contributed by atoms with E-state index in [1.54, 1.807) is 0 Å². The lowest BCUT2D eigenvalue weighted by Crippen LogP contribution is -2.35. The SMILES string of the molecule is CCC(=CCN1CCC(C(C)C)CC1)C(=O)OC. The molecule has 0 bridgehead atoms. The van der Waals surface area contributed by atoms with E-state index < -0.39 is 0 Å². The van der Waals surface area contributed by atoms with E-state index in [1.165, 1.54) is 20.0 Å². The predicted molar refractivity (Wildman–Crippen MR) is 74.4 cm³/mol. The maximum atomic E-state index is 11.4. The third kappa shape index (κ3) is 4.45. The van der Waals surface area contributed by atoms with Crippen molar-refractivity contribution >= 4 is 5.97 Å². The van der Waals surface area contributed by atoms with Crippen molar-refractivity contribution in [2.75, 3.05) is 26.7 Å². The molecule has 1 heterocycles. The molecule has 0 spiro atoms. The molecule has 18 heavy (non-hydrogen) atoms. The number of hydrogen-bond acceptors (Lipinski definition) is 3. The van der Waals surface area contributed by atoms with E-state index >= 15 is 0 Å². The monoisotopic (exact) mass is 253 g/mol. The van der Waals surface area contributed by atoms with Gasteiger partial charge in [0, 0.05) is 12.1 Å². The fourth-order valence-corrected chi connectivity index (χ4v) is 2.54. The first kappa shape index (κ1) is 15.2. The van der Waals surface area contributed by atoms with Crippen LogP contribution in [0.15, 0.2) is 11.6 Å². The summed E-state index contributed by atoms with van der Waals surface area (Å²) >= 11 is 0. The minimum atomic E-state index is -0.186. The molecular weight excluding hydrogens is 226 g/mol. The summed E-state index contributed by atoms with van der Waals surface area (Å²) in [6.07, 6.45) is 5.34.